The van der Waals surface area contributed by atoms with E-state index in [2.05, 4.69) is 27.1 Å². The number of aromatic hydroxyl groups is 1. The number of imidazole rings is 1. The lowest BCUT2D eigenvalue weighted by atomic mass is 10.2. The third kappa shape index (κ3) is 4.37. The molecule has 0 bridgehead atoms. The number of nitrogens with zero attached hydrogens (tertiary/aromatic N) is 2. The minimum absolute atomic E-state index is 0.0924. The van der Waals surface area contributed by atoms with E-state index < -0.39 is 0 Å². The van der Waals surface area contributed by atoms with Gasteiger partial charge in [0.05, 0.1) is 16.1 Å². The maximum atomic E-state index is 10.1. The summed E-state index contributed by atoms with van der Waals surface area (Å²) in [5.41, 5.74) is 2.68. The zero-order valence-electron chi connectivity index (χ0n) is 13.9. The number of anilines is 1. The first-order valence-electron chi connectivity index (χ1n) is 8.14. The number of nitrogens with one attached hydrogen (secondary N) is 2. The van der Waals surface area contributed by atoms with Crippen molar-refractivity contribution in [2.24, 2.45) is 0 Å². The maximum Gasteiger partial charge on any atom is 0.201 e. The lowest BCUT2D eigenvalue weighted by molar-refractivity contribution is 0.286. The molecule has 0 fully saturated rings. The Morgan fingerprint density at radius 3 is 2.80 bits per heavy atom. The molecule has 3 N–H and O–H groups in total. The van der Waals surface area contributed by atoms with Gasteiger partial charge in [-0.15, -0.1) is 0 Å². The van der Waals surface area contributed by atoms with Gasteiger partial charge in [-0.2, -0.15) is 0 Å². The molecule has 2 aromatic carbocycles. The number of likely N-dealkylation sites (N-methyl/N-ethyl adjacent to an activating group) is 1. The van der Waals surface area contributed by atoms with E-state index in [1.165, 1.54) is 0 Å². The summed E-state index contributed by atoms with van der Waals surface area (Å²) in [6.45, 7) is 5.00. The number of hydrogen-bond acceptors (Lipinski definition) is 4. The zero-order chi connectivity index (χ0) is 17.8. The summed E-state index contributed by atoms with van der Waals surface area (Å²) in [7, 11) is 0. The highest BCUT2D eigenvalue weighted by molar-refractivity contribution is 6.35. The quantitative estimate of drug-likeness (QED) is 0.565. The van der Waals surface area contributed by atoms with Gasteiger partial charge in [-0.1, -0.05) is 42.3 Å². The Morgan fingerprint density at radius 1 is 1.24 bits per heavy atom. The van der Waals surface area contributed by atoms with E-state index in [4.69, 9.17) is 23.2 Å². The molecule has 5 nitrogen and oxygen atoms in total. The van der Waals surface area contributed by atoms with Crippen LogP contribution in [0.25, 0.3) is 11.0 Å². The molecule has 3 rings (SSSR count). The van der Waals surface area contributed by atoms with Crippen LogP contribution in [0, 0.1) is 0 Å². The van der Waals surface area contributed by atoms with Crippen molar-refractivity contribution in [3.05, 3.63) is 52.0 Å². The summed E-state index contributed by atoms with van der Waals surface area (Å²) in [6, 6.07) is 11.2. The van der Waals surface area contributed by atoms with Gasteiger partial charge in [0, 0.05) is 30.2 Å². The lowest BCUT2D eigenvalue weighted by Crippen LogP contribution is -2.28. The molecular formula is C18H20Cl2N4O. The SMILES string of the molecule is CCN(CCNc1nc2ccccc2[nH]1)Cc1cc(Cl)cc(Cl)c1O. The molecule has 1 aromatic heterocycles. The summed E-state index contributed by atoms with van der Waals surface area (Å²) in [5, 5.41) is 14.2. The third-order valence-corrected chi connectivity index (χ3v) is 4.56. The van der Waals surface area contributed by atoms with Gasteiger partial charge in [0.1, 0.15) is 5.75 Å². The van der Waals surface area contributed by atoms with Crippen LogP contribution >= 0.6 is 23.2 Å². The van der Waals surface area contributed by atoms with E-state index in [0.717, 1.165) is 42.2 Å². The molecule has 3 aromatic rings. The van der Waals surface area contributed by atoms with E-state index in [1.54, 1.807) is 12.1 Å². The van der Waals surface area contributed by atoms with Crippen LogP contribution in [-0.4, -0.2) is 39.6 Å². The average molecular weight is 379 g/mol. The summed E-state index contributed by atoms with van der Waals surface area (Å²) in [4.78, 5) is 9.93. The molecule has 0 spiro atoms. The fraction of sp³-hybridized carbons (Fsp3) is 0.278. The molecule has 0 aliphatic rings. The standard InChI is InChI=1S/C18H20Cl2N4O/c1-2-24(11-12-9-13(19)10-14(20)17(12)25)8-7-21-18-22-15-5-3-4-6-16(15)23-18/h3-6,9-10,25H,2,7-8,11H2,1H3,(H2,21,22,23). The normalized spacial score (nSPS) is 11.4. The molecule has 0 saturated heterocycles. The molecule has 0 saturated carbocycles. The molecule has 0 amide bonds. The first-order chi connectivity index (χ1) is 12.1. The fourth-order valence-electron chi connectivity index (χ4n) is 2.70. The highest BCUT2D eigenvalue weighted by atomic mass is 35.5. The van der Waals surface area contributed by atoms with Crippen LogP contribution < -0.4 is 5.32 Å². The summed E-state index contributed by atoms with van der Waals surface area (Å²) < 4.78 is 0. The van der Waals surface area contributed by atoms with E-state index in [1.807, 2.05) is 24.3 Å². The number of aromatic nitrogens is 2. The van der Waals surface area contributed by atoms with Gasteiger partial charge in [0.25, 0.3) is 0 Å². The van der Waals surface area contributed by atoms with Crippen molar-refractivity contribution in [3.63, 3.8) is 0 Å². The number of phenols is 1. The topological polar surface area (TPSA) is 64.2 Å². The van der Waals surface area contributed by atoms with E-state index >= 15 is 0 Å². The van der Waals surface area contributed by atoms with E-state index in [9.17, 15) is 5.11 Å². The van der Waals surface area contributed by atoms with Crippen molar-refractivity contribution in [1.82, 2.24) is 14.9 Å². The number of benzene rings is 2. The van der Waals surface area contributed by atoms with Gasteiger partial charge in [-0.3, -0.25) is 4.90 Å². The van der Waals surface area contributed by atoms with Crippen molar-refractivity contribution in [2.75, 3.05) is 25.0 Å². The first kappa shape index (κ1) is 17.9. The second-order valence-electron chi connectivity index (χ2n) is 5.79. The second-order valence-corrected chi connectivity index (χ2v) is 6.64. The Bertz CT molecular complexity index is 832. The second kappa shape index (κ2) is 7.95. The van der Waals surface area contributed by atoms with E-state index in [0.29, 0.717) is 11.6 Å². The summed E-state index contributed by atoms with van der Waals surface area (Å²) >= 11 is 12.0. The Labute approximate surface area is 156 Å². The molecule has 0 aliphatic carbocycles. The van der Waals surface area contributed by atoms with Crippen molar-refractivity contribution in [1.29, 1.82) is 0 Å². The maximum absolute atomic E-state index is 10.1. The van der Waals surface area contributed by atoms with Gasteiger partial charge in [0.2, 0.25) is 5.95 Å². The first-order valence-corrected chi connectivity index (χ1v) is 8.90. The monoisotopic (exact) mass is 378 g/mol. The van der Waals surface area contributed by atoms with Crippen molar-refractivity contribution < 1.29 is 5.11 Å². The van der Waals surface area contributed by atoms with Crippen LogP contribution in [0.5, 0.6) is 5.75 Å². The molecule has 0 radical (unpaired) electrons. The zero-order valence-corrected chi connectivity index (χ0v) is 15.4. The molecular weight excluding hydrogens is 359 g/mol. The molecule has 7 heteroatoms. The highest BCUT2D eigenvalue weighted by Gasteiger charge is 2.12. The average Bonchev–Trinajstić information content (AvgIpc) is 3.00. The van der Waals surface area contributed by atoms with Crippen LogP contribution in [0.4, 0.5) is 5.95 Å². The summed E-state index contributed by atoms with van der Waals surface area (Å²) in [6.07, 6.45) is 0. The van der Waals surface area contributed by atoms with Crippen LogP contribution in [0.1, 0.15) is 12.5 Å². The van der Waals surface area contributed by atoms with Gasteiger partial charge in [-0.25, -0.2) is 4.98 Å². The molecule has 0 atom stereocenters. The number of halogens is 2. The smallest absolute Gasteiger partial charge is 0.201 e. The number of H-pyrrole nitrogens is 1. The predicted molar refractivity (Wildman–Crippen MR) is 104 cm³/mol. The Kier molecular flexibility index (Phi) is 5.68. The van der Waals surface area contributed by atoms with Crippen molar-refractivity contribution in [2.45, 2.75) is 13.5 Å². The molecule has 25 heavy (non-hydrogen) atoms. The Balaban J connectivity index is 1.59. The van der Waals surface area contributed by atoms with Crippen LogP contribution in [0.3, 0.4) is 0 Å². The number of aromatic amines is 1. The van der Waals surface area contributed by atoms with Crippen LogP contribution in [0.2, 0.25) is 10.0 Å². The molecule has 0 aliphatic heterocycles. The molecule has 1 heterocycles. The number of para-hydroxylation sites is 2. The lowest BCUT2D eigenvalue weighted by Gasteiger charge is -2.21. The van der Waals surface area contributed by atoms with Gasteiger partial charge < -0.3 is 15.4 Å². The number of fused-ring (bicyclic) bond motifs is 1. The largest absolute Gasteiger partial charge is 0.506 e. The van der Waals surface area contributed by atoms with Crippen LogP contribution in [0.15, 0.2) is 36.4 Å². The van der Waals surface area contributed by atoms with Gasteiger partial charge in [-0.05, 0) is 30.8 Å². The number of hydrogen-bond donors (Lipinski definition) is 3. The highest BCUT2D eigenvalue weighted by Crippen LogP contribution is 2.31. The van der Waals surface area contributed by atoms with E-state index in [-0.39, 0.29) is 10.8 Å². The van der Waals surface area contributed by atoms with Crippen molar-refractivity contribution >= 4 is 40.2 Å². The predicted octanol–water partition coefficient (Wildman–Crippen LogP) is 4.51. The molecule has 0 unspecified atom stereocenters. The minimum atomic E-state index is 0.0924. The summed E-state index contributed by atoms with van der Waals surface area (Å²) in [5.74, 6) is 0.848. The van der Waals surface area contributed by atoms with Gasteiger partial charge >= 0.3 is 0 Å². The number of rotatable bonds is 7. The van der Waals surface area contributed by atoms with Crippen molar-refractivity contribution in [3.8, 4) is 5.75 Å². The Morgan fingerprint density at radius 2 is 2.04 bits per heavy atom. The minimum Gasteiger partial charge on any atom is -0.506 e. The van der Waals surface area contributed by atoms with Gasteiger partial charge in [0.15, 0.2) is 0 Å². The Hall–Kier alpha value is -1.95. The fourth-order valence-corrected chi connectivity index (χ4v) is 3.23. The third-order valence-electron chi connectivity index (χ3n) is 4.06. The number of phenolic OH excluding ortho intramolecular Hbond substituents is 1. The van der Waals surface area contributed by atoms with Crippen LogP contribution in [-0.2, 0) is 6.54 Å². The molecule has 132 valence electrons.